The molecule has 0 N–H and O–H groups in total. The Morgan fingerprint density at radius 1 is 1.06 bits per heavy atom. The topological polar surface area (TPSA) is 90.2 Å². The summed E-state index contributed by atoms with van der Waals surface area (Å²) in [6.07, 6.45) is 7.08. The van der Waals surface area contributed by atoms with Crippen molar-refractivity contribution in [1.29, 1.82) is 0 Å². The van der Waals surface area contributed by atoms with Crippen molar-refractivity contribution in [3.8, 4) is 0 Å². The molecular formula is C24H36O7. The maximum Gasteiger partial charge on any atom is 0.309 e. The lowest BCUT2D eigenvalue weighted by Gasteiger charge is -2.28. The van der Waals surface area contributed by atoms with Crippen molar-refractivity contribution < 1.29 is 33.3 Å². The van der Waals surface area contributed by atoms with Gasteiger partial charge in [-0.05, 0) is 70.6 Å². The predicted molar refractivity (Wildman–Crippen MR) is 110 cm³/mol. The summed E-state index contributed by atoms with van der Waals surface area (Å²) in [6.45, 7) is 7.13. The summed E-state index contributed by atoms with van der Waals surface area (Å²) in [5.74, 6) is -0.840. The average molecular weight is 437 g/mol. The second kappa shape index (κ2) is 8.31. The molecule has 7 heteroatoms. The maximum absolute atomic E-state index is 12.9. The molecule has 7 nitrogen and oxygen atoms in total. The molecule has 10 atom stereocenters. The van der Waals surface area contributed by atoms with Gasteiger partial charge >= 0.3 is 11.9 Å². The fourth-order valence-corrected chi connectivity index (χ4v) is 5.59. The monoisotopic (exact) mass is 436 g/mol. The van der Waals surface area contributed by atoms with Crippen molar-refractivity contribution in [2.24, 2.45) is 23.7 Å². The molecule has 5 fully saturated rings. The van der Waals surface area contributed by atoms with E-state index in [0.717, 1.165) is 32.1 Å². The molecule has 0 radical (unpaired) electrons. The maximum atomic E-state index is 12.9. The van der Waals surface area contributed by atoms with E-state index in [4.69, 9.17) is 23.7 Å². The van der Waals surface area contributed by atoms with Crippen LogP contribution in [0.25, 0.3) is 0 Å². The summed E-state index contributed by atoms with van der Waals surface area (Å²) in [5, 5.41) is 0. The minimum atomic E-state index is -0.466. The largest absolute Gasteiger partial charge is 0.465 e. The van der Waals surface area contributed by atoms with Crippen molar-refractivity contribution in [2.45, 2.75) is 102 Å². The highest BCUT2D eigenvalue weighted by molar-refractivity contribution is 5.82. The van der Waals surface area contributed by atoms with Gasteiger partial charge in [0, 0.05) is 0 Å². The number of carbonyl (C=O) groups excluding carboxylic acids is 2. The van der Waals surface area contributed by atoms with Crippen LogP contribution < -0.4 is 0 Å². The minimum Gasteiger partial charge on any atom is -0.465 e. The third-order valence-electron chi connectivity index (χ3n) is 8.29. The van der Waals surface area contributed by atoms with Gasteiger partial charge in [0.05, 0.1) is 61.2 Å². The molecule has 174 valence electrons. The van der Waals surface area contributed by atoms with Crippen LogP contribution in [-0.2, 0) is 33.3 Å². The van der Waals surface area contributed by atoms with Gasteiger partial charge in [-0.1, -0.05) is 6.92 Å². The van der Waals surface area contributed by atoms with E-state index >= 15 is 0 Å². The Hall–Kier alpha value is -1.18. The van der Waals surface area contributed by atoms with Gasteiger partial charge in [-0.25, -0.2) is 0 Å². The Bertz CT molecular complexity index is 678. The first kappa shape index (κ1) is 21.7. The number of carbonyl (C=O) groups is 2. The molecule has 31 heavy (non-hydrogen) atoms. The predicted octanol–water partition coefficient (Wildman–Crippen LogP) is 3.03. The molecule has 3 aliphatic heterocycles. The second-order valence-corrected chi connectivity index (χ2v) is 10.6. The average Bonchev–Trinajstić information content (AvgIpc) is 3.67. The molecule has 0 spiro atoms. The SMILES string of the molecule is CCC(COC(=O)C1CC2OC2CC1C(=O)OCC1CCC2(C)OC2C1)CC1OC1C. The van der Waals surface area contributed by atoms with Crippen LogP contribution in [0.3, 0.4) is 0 Å². The molecule has 0 aromatic rings. The fourth-order valence-electron chi connectivity index (χ4n) is 5.59. The highest BCUT2D eigenvalue weighted by Gasteiger charge is 2.56. The van der Waals surface area contributed by atoms with E-state index < -0.39 is 11.8 Å². The highest BCUT2D eigenvalue weighted by Crippen LogP contribution is 2.49. The molecule has 5 rings (SSSR count). The van der Waals surface area contributed by atoms with E-state index in [0.29, 0.717) is 56.2 Å². The summed E-state index contributed by atoms with van der Waals surface area (Å²) in [6, 6.07) is 0. The zero-order valence-electron chi connectivity index (χ0n) is 18.9. The molecule has 0 amide bonds. The zero-order chi connectivity index (χ0) is 21.8. The van der Waals surface area contributed by atoms with Gasteiger partial charge in [-0.15, -0.1) is 0 Å². The van der Waals surface area contributed by atoms with E-state index in [2.05, 4.69) is 20.8 Å². The normalized spacial score (nSPS) is 45.6. The Morgan fingerprint density at radius 2 is 1.74 bits per heavy atom. The Labute approximate surface area is 184 Å². The number of fused-ring (bicyclic) bond motifs is 2. The van der Waals surface area contributed by atoms with Crippen LogP contribution in [0.15, 0.2) is 0 Å². The first-order valence-corrected chi connectivity index (χ1v) is 12.2. The summed E-state index contributed by atoms with van der Waals surface area (Å²) >= 11 is 0. The molecule has 0 aromatic carbocycles. The highest BCUT2D eigenvalue weighted by atomic mass is 16.6. The van der Waals surface area contributed by atoms with E-state index in [9.17, 15) is 9.59 Å². The number of hydrogen-bond donors (Lipinski definition) is 0. The van der Waals surface area contributed by atoms with Gasteiger partial charge < -0.3 is 23.7 Å². The lowest BCUT2D eigenvalue weighted by atomic mass is 9.79. The van der Waals surface area contributed by atoms with E-state index in [1.54, 1.807) is 0 Å². The molecule has 3 saturated heterocycles. The van der Waals surface area contributed by atoms with Crippen molar-refractivity contribution >= 4 is 11.9 Å². The molecule has 2 saturated carbocycles. The van der Waals surface area contributed by atoms with Crippen molar-refractivity contribution in [3.05, 3.63) is 0 Å². The van der Waals surface area contributed by atoms with Crippen molar-refractivity contribution in [3.63, 3.8) is 0 Å². The van der Waals surface area contributed by atoms with Crippen LogP contribution in [0.2, 0.25) is 0 Å². The smallest absolute Gasteiger partial charge is 0.309 e. The molecule has 5 aliphatic rings. The molecular weight excluding hydrogens is 400 g/mol. The van der Waals surface area contributed by atoms with Gasteiger partial charge in [0.25, 0.3) is 0 Å². The Kier molecular flexibility index (Phi) is 5.80. The zero-order valence-corrected chi connectivity index (χ0v) is 18.9. The van der Waals surface area contributed by atoms with Crippen molar-refractivity contribution in [1.82, 2.24) is 0 Å². The summed E-state index contributed by atoms with van der Waals surface area (Å²) < 4.78 is 28.3. The second-order valence-electron chi connectivity index (χ2n) is 10.6. The van der Waals surface area contributed by atoms with Crippen LogP contribution >= 0.6 is 0 Å². The third-order valence-corrected chi connectivity index (χ3v) is 8.29. The Morgan fingerprint density at radius 3 is 2.35 bits per heavy atom. The van der Waals surface area contributed by atoms with Crippen LogP contribution in [-0.4, -0.2) is 61.3 Å². The van der Waals surface area contributed by atoms with Gasteiger partial charge in [0.1, 0.15) is 0 Å². The number of rotatable bonds is 9. The lowest BCUT2D eigenvalue weighted by molar-refractivity contribution is -0.164. The number of hydrogen-bond acceptors (Lipinski definition) is 7. The first-order valence-electron chi connectivity index (χ1n) is 12.2. The van der Waals surface area contributed by atoms with E-state index in [1.807, 2.05) is 0 Å². The molecule has 2 aliphatic carbocycles. The summed E-state index contributed by atoms with van der Waals surface area (Å²) in [4.78, 5) is 25.8. The van der Waals surface area contributed by atoms with E-state index in [-0.39, 0.29) is 29.7 Å². The van der Waals surface area contributed by atoms with Crippen LogP contribution in [0.4, 0.5) is 0 Å². The van der Waals surface area contributed by atoms with Gasteiger partial charge in [-0.3, -0.25) is 9.59 Å². The minimum absolute atomic E-state index is 0.0665. The van der Waals surface area contributed by atoms with Crippen LogP contribution in [0.5, 0.6) is 0 Å². The fraction of sp³-hybridized carbons (Fsp3) is 0.917. The van der Waals surface area contributed by atoms with Crippen molar-refractivity contribution in [2.75, 3.05) is 13.2 Å². The van der Waals surface area contributed by atoms with Crippen LogP contribution in [0.1, 0.15) is 65.7 Å². The standard InChI is InChI=1S/C24H36O7/c1-4-14(7-18-13(2)29-18)11-27-22(25)16-9-19-20(30-19)10-17(16)23(26)28-12-15-5-6-24(3)21(8-15)31-24/h13-21H,4-12H2,1-3H3. The summed E-state index contributed by atoms with van der Waals surface area (Å²) in [5.41, 5.74) is 0.0665. The first-order chi connectivity index (χ1) is 14.9. The lowest BCUT2D eigenvalue weighted by Crippen LogP contribution is -2.38. The van der Waals surface area contributed by atoms with Gasteiger partial charge in [0.2, 0.25) is 0 Å². The Balaban J connectivity index is 1.11. The van der Waals surface area contributed by atoms with Crippen LogP contribution in [0, 0.1) is 23.7 Å². The van der Waals surface area contributed by atoms with Gasteiger partial charge in [0.15, 0.2) is 0 Å². The van der Waals surface area contributed by atoms with Gasteiger partial charge in [-0.2, -0.15) is 0 Å². The number of esters is 2. The molecule has 0 bridgehead atoms. The molecule has 0 aromatic heterocycles. The molecule has 3 heterocycles. The molecule has 10 unspecified atom stereocenters. The number of epoxide rings is 3. The third kappa shape index (κ3) is 4.79. The summed E-state index contributed by atoms with van der Waals surface area (Å²) in [7, 11) is 0. The van der Waals surface area contributed by atoms with E-state index in [1.165, 1.54) is 0 Å². The quantitative estimate of drug-likeness (QED) is 0.405. The number of ether oxygens (including phenoxy) is 5.